The van der Waals surface area contributed by atoms with Crippen LogP contribution in [-0.4, -0.2) is 67.2 Å². The molecule has 1 aromatic heterocycles. The summed E-state index contributed by atoms with van der Waals surface area (Å²) in [5, 5.41) is 0. The van der Waals surface area contributed by atoms with Crippen molar-refractivity contribution in [2.45, 2.75) is 43.7 Å². The van der Waals surface area contributed by atoms with Crippen molar-refractivity contribution in [2.75, 3.05) is 32.6 Å². The first-order chi connectivity index (χ1) is 14.1. The fourth-order valence-electron chi connectivity index (χ4n) is 3.50. The summed E-state index contributed by atoms with van der Waals surface area (Å²) in [4.78, 5) is 25.5. The predicted octanol–water partition coefficient (Wildman–Crippen LogP) is 2.09. The molecule has 0 bridgehead atoms. The van der Waals surface area contributed by atoms with Gasteiger partial charge in [0.2, 0.25) is 15.9 Å². The van der Waals surface area contributed by atoms with Gasteiger partial charge in [-0.25, -0.2) is 18.4 Å². The average molecular weight is 432 g/mol. The minimum Gasteiger partial charge on any atom is -0.363 e. The van der Waals surface area contributed by atoms with Gasteiger partial charge in [0, 0.05) is 52.1 Å². The lowest BCUT2D eigenvalue weighted by Gasteiger charge is -2.22. The van der Waals surface area contributed by atoms with Gasteiger partial charge in [-0.2, -0.15) is 4.31 Å². The lowest BCUT2D eigenvalue weighted by molar-refractivity contribution is -0.129. The van der Waals surface area contributed by atoms with E-state index in [1.165, 1.54) is 11.4 Å². The molecule has 1 aliphatic heterocycles. The number of aromatic nitrogens is 2. The molecule has 9 heteroatoms. The Morgan fingerprint density at radius 1 is 1.13 bits per heavy atom. The zero-order chi connectivity index (χ0) is 22.1. The molecule has 8 nitrogen and oxygen atoms in total. The zero-order valence-electron chi connectivity index (χ0n) is 18.1. The molecule has 0 N–H and O–H groups in total. The van der Waals surface area contributed by atoms with Crippen molar-refractivity contribution in [3.8, 4) is 0 Å². The number of benzene rings is 1. The number of carbonyl (C=O) groups excluding carboxylic acids is 1. The highest BCUT2D eigenvalue weighted by Crippen LogP contribution is 2.30. The van der Waals surface area contributed by atoms with Gasteiger partial charge in [-0.15, -0.1) is 0 Å². The number of rotatable bonds is 7. The molecule has 1 atom stereocenters. The quantitative estimate of drug-likeness (QED) is 0.667. The van der Waals surface area contributed by atoms with Crippen molar-refractivity contribution in [1.82, 2.24) is 19.2 Å². The van der Waals surface area contributed by atoms with Crippen LogP contribution in [-0.2, 0) is 21.4 Å². The second-order valence-electron chi connectivity index (χ2n) is 8.08. The van der Waals surface area contributed by atoms with Crippen LogP contribution in [0.1, 0.15) is 37.7 Å². The molecule has 0 saturated carbocycles. The average Bonchev–Trinajstić information content (AvgIpc) is 3.10. The summed E-state index contributed by atoms with van der Waals surface area (Å²) in [5.74, 6) is 1.19. The molecule has 30 heavy (non-hydrogen) atoms. The lowest BCUT2D eigenvalue weighted by atomic mass is 10.0. The van der Waals surface area contributed by atoms with Crippen LogP contribution in [0.3, 0.4) is 0 Å². The number of anilines is 1. The number of hydrogen-bond donors (Lipinski definition) is 0. The number of carbonyl (C=O) groups is 1. The Balaban J connectivity index is 1.89. The van der Waals surface area contributed by atoms with E-state index in [0.717, 1.165) is 5.69 Å². The van der Waals surface area contributed by atoms with Crippen LogP contribution < -0.4 is 4.90 Å². The zero-order valence-corrected chi connectivity index (χ0v) is 18.9. The van der Waals surface area contributed by atoms with Crippen molar-refractivity contribution in [1.29, 1.82) is 0 Å². The monoisotopic (exact) mass is 431 g/mol. The summed E-state index contributed by atoms with van der Waals surface area (Å²) in [7, 11) is 1.62. The van der Waals surface area contributed by atoms with Crippen LogP contribution in [0, 0.1) is 0 Å². The number of amides is 1. The first kappa shape index (κ1) is 22.2. The summed E-state index contributed by atoms with van der Waals surface area (Å²) in [6.07, 6.45) is 0.402. The summed E-state index contributed by atoms with van der Waals surface area (Å²) < 4.78 is 27.0. The van der Waals surface area contributed by atoms with Gasteiger partial charge in [0.05, 0.1) is 17.1 Å². The summed E-state index contributed by atoms with van der Waals surface area (Å²) in [5.41, 5.74) is 0.769. The van der Waals surface area contributed by atoms with Crippen molar-refractivity contribution >= 4 is 21.7 Å². The van der Waals surface area contributed by atoms with Gasteiger partial charge in [0.1, 0.15) is 11.6 Å². The first-order valence-corrected chi connectivity index (χ1v) is 11.4. The Hall–Kier alpha value is -2.52. The van der Waals surface area contributed by atoms with E-state index < -0.39 is 10.0 Å². The van der Waals surface area contributed by atoms with E-state index in [4.69, 9.17) is 0 Å². The number of nitrogens with zero attached hydrogens (tertiary/aromatic N) is 5. The van der Waals surface area contributed by atoms with Gasteiger partial charge in [-0.3, -0.25) is 4.79 Å². The van der Waals surface area contributed by atoms with Crippen molar-refractivity contribution in [2.24, 2.45) is 0 Å². The molecule has 1 amide bonds. The van der Waals surface area contributed by atoms with E-state index in [2.05, 4.69) is 9.97 Å². The molecule has 162 valence electrons. The Morgan fingerprint density at radius 2 is 1.80 bits per heavy atom. The van der Waals surface area contributed by atoms with Gasteiger partial charge in [-0.05, 0) is 26.0 Å². The maximum Gasteiger partial charge on any atom is 0.243 e. The van der Waals surface area contributed by atoms with Crippen molar-refractivity contribution in [3.05, 3.63) is 47.9 Å². The highest BCUT2D eigenvalue weighted by molar-refractivity contribution is 7.89. The van der Waals surface area contributed by atoms with Crippen LogP contribution in [0.2, 0.25) is 0 Å². The van der Waals surface area contributed by atoms with Gasteiger partial charge >= 0.3 is 0 Å². The largest absolute Gasteiger partial charge is 0.363 e. The third-order valence-electron chi connectivity index (χ3n) is 5.25. The van der Waals surface area contributed by atoms with Crippen molar-refractivity contribution in [3.63, 3.8) is 0 Å². The molecule has 0 unspecified atom stereocenters. The predicted molar refractivity (Wildman–Crippen MR) is 116 cm³/mol. The molecule has 2 heterocycles. The molecule has 3 rings (SSSR count). The van der Waals surface area contributed by atoms with E-state index in [9.17, 15) is 13.2 Å². The third kappa shape index (κ3) is 4.62. The van der Waals surface area contributed by atoms with E-state index in [1.54, 1.807) is 30.3 Å². The minimum absolute atomic E-state index is 0.0311. The van der Waals surface area contributed by atoms with Crippen LogP contribution in [0.15, 0.2) is 41.3 Å². The second kappa shape index (κ2) is 8.69. The molecule has 0 spiro atoms. The molecular formula is C21H29N5O3S. The minimum atomic E-state index is -3.65. The normalized spacial score (nSPS) is 17.2. The molecule has 2 aromatic rings. The Labute approximate surface area is 178 Å². The Kier molecular flexibility index (Phi) is 6.42. The number of hydrogen-bond acceptors (Lipinski definition) is 6. The Bertz CT molecular complexity index is 1010. The molecular weight excluding hydrogens is 402 g/mol. The molecule has 0 radical (unpaired) electrons. The molecule has 1 fully saturated rings. The van der Waals surface area contributed by atoms with Crippen LogP contribution >= 0.6 is 0 Å². The molecule has 1 aromatic carbocycles. The smallest absolute Gasteiger partial charge is 0.243 e. The lowest BCUT2D eigenvalue weighted by Crippen LogP contribution is -2.32. The fraction of sp³-hybridized carbons (Fsp3) is 0.476. The highest BCUT2D eigenvalue weighted by Gasteiger charge is 2.33. The number of likely N-dealkylation sites (tertiary alicyclic amines) is 1. The fourth-order valence-corrected chi connectivity index (χ4v) is 4.64. The van der Waals surface area contributed by atoms with Gasteiger partial charge < -0.3 is 9.80 Å². The molecule has 1 aliphatic rings. The summed E-state index contributed by atoms with van der Waals surface area (Å²) >= 11 is 0. The van der Waals surface area contributed by atoms with E-state index in [0.29, 0.717) is 24.6 Å². The Morgan fingerprint density at radius 3 is 2.37 bits per heavy atom. The van der Waals surface area contributed by atoms with Crippen LogP contribution in [0.25, 0.3) is 0 Å². The van der Waals surface area contributed by atoms with E-state index in [-0.39, 0.29) is 29.3 Å². The van der Waals surface area contributed by atoms with Gasteiger partial charge in [0.15, 0.2) is 0 Å². The third-order valence-corrected chi connectivity index (χ3v) is 7.07. The SMILES string of the molecule is CC(C)N1C[C@@H](c2cc(N(C)C)nc(CN(C)S(=O)(=O)c3ccccc3)n2)CC1=O. The maximum absolute atomic E-state index is 12.9. The van der Waals surface area contributed by atoms with Crippen LogP contribution in [0.5, 0.6) is 0 Å². The summed E-state index contributed by atoms with van der Waals surface area (Å²) in [6.45, 7) is 4.65. The highest BCUT2D eigenvalue weighted by atomic mass is 32.2. The van der Waals surface area contributed by atoms with Gasteiger partial charge in [0.25, 0.3) is 0 Å². The number of sulfonamides is 1. The van der Waals surface area contributed by atoms with Crippen molar-refractivity contribution < 1.29 is 13.2 Å². The standard InChI is InChI=1S/C21H29N5O3S/c1-15(2)26-13-16(11-21(26)27)18-12-20(24(3)4)23-19(22-18)14-25(5)30(28,29)17-9-7-6-8-10-17/h6-10,12,15-16H,11,13-14H2,1-5H3/t16-/m0/s1. The molecule has 0 aliphatic carbocycles. The van der Waals surface area contributed by atoms with Crippen LogP contribution in [0.4, 0.5) is 5.82 Å². The topological polar surface area (TPSA) is 86.7 Å². The van der Waals surface area contributed by atoms with E-state index in [1.807, 2.05) is 43.8 Å². The van der Waals surface area contributed by atoms with E-state index >= 15 is 0 Å². The van der Waals surface area contributed by atoms with Gasteiger partial charge in [-0.1, -0.05) is 18.2 Å². The summed E-state index contributed by atoms with van der Waals surface area (Å²) in [6, 6.07) is 10.3. The second-order valence-corrected chi connectivity index (χ2v) is 10.1. The first-order valence-electron chi connectivity index (χ1n) is 9.95. The maximum atomic E-state index is 12.9. The molecule has 1 saturated heterocycles.